The number of aryl methyl sites for hydroxylation is 1. The van der Waals surface area contributed by atoms with Crippen molar-refractivity contribution in [1.29, 1.82) is 0 Å². The topological polar surface area (TPSA) is 18.5 Å². The largest absolute Gasteiger partial charge is 0.311 e. The second-order valence-electron chi connectivity index (χ2n) is 7.80. The van der Waals surface area contributed by atoms with Crippen LogP contribution in [0.15, 0.2) is 24.3 Å². The summed E-state index contributed by atoms with van der Waals surface area (Å²) in [6.45, 7) is 12.8. The maximum Gasteiger partial charge on any atom is 0.0335 e. The lowest BCUT2D eigenvalue weighted by atomic mass is 9.79. The molecule has 0 amide bonds. The molecule has 2 fully saturated rings. The van der Waals surface area contributed by atoms with Gasteiger partial charge in [-0.05, 0) is 31.9 Å². The smallest absolute Gasteiger partial charge is 0.0335 e. The van der Waals surface area contributed by atoms with Gasteiger partial charge >= 0.3 is 0 Å². The van der Waals surface area contributed by atoms with E-state index < -0.39 is 0 Å². The van der Waals surface area contributed by atoms with Gasteiger partial charge in [0, 0.05) is 44.8 Å². The Labute approximate surface area is 148 Å². The Morgan fingerprint density at radius 1 is 0.958 bits per heavy atom. The van der Waals surface area contributed by atoms with Gasteiger partial charge in [0.15, 0.2) is 0 Å². The molecule has 1 saturated carbocycles. The lowest BCUT2D eigenvalue weighted by Gasteiger charge is -2.50. The molecule has 1 aromatic rings. The van der Waals surface area contributed by atoms with Crippen molar-refractivity contribution in [2.45, 2.75) is 58.0 Å². The molecule has 0 unspecified atom stereocenters. The number of likely N-dealkylation sites (N-methyl/N-ethyl adjacent to an activating group) is 1. The van der Waals surface area contributed by atoms with E-state index in [4.69, 9.17) is 0 Å². The Bertz CT molecular complexity index is 482. The molecule has 0 radical (unpaired) electrons. The third-order valence-corrected chi connectivity index (χ3v) is 6.18. The minimum absolute atomic E-state index is 0.406. The zero-order valence-electron chi connectivity index (χ0n) is 15.7. The monoisotopic (exact) mass is 329 g/mol. The van der Waals surface area contributed by atoms with Crippen LogP contribution in [0.1, 0.15) is 50.2 Å². The molecule has 0 spiro atoms. The zero-order valence-corrected chi connectivity index (χ0v) is 15.7. The van der Waals surface area contributed by atoms with E-state index in [2.05, 4.69) is 53.2 Å². The molecule has 0 atom stereocenters. The fraction of sp³-hybridized carbons (Fsp3) is 0.714. The van der Waals surface area contributed by atoms with E-state index in [0.717, 1.165) is 13.1 Å². The number of nitrogens with zero attached hydrogens (tertiary/aromatic N) is 2. The van der Waals surface area contributed by atoms with Crippen molar-refractivity contribution in [2.24, 2.45) is 0 Å². The summed E-state index contributed by atoms with van der Waals surface area (Å²) in [4.78, 5) is 5.41. The van der Waals surface area contributed by atoms with E-state index >= 15 is 0 Å². The van der Waals surface area contributed by atoms with E-state index in [1.807, 2.05) is 0 Å². The highest BCUT2D eigenvalue weighted by atomic mass is 15.3. The second-order valence-corrected chi connectivity index (χ2v) is 7.80. The molecule has 24 heavy (non-hydrogen) atoms. The zero-order chi connectivity index (χ0) is 16.8. The van der Waals surface area contributed by atoms with Gasteiger partial charge < -0.3 is 10.2 Å². The maximum atomic E-state index is 3.80. The van der Waals surface area contributed by atoms with Gasteiger partial charge in [-0.25, -0.2) is 0 Å². The molecule has 1 saturated heterocycles. The standard InChI is InChI=1S/C21H35N3/c1-3-23-13-15-24(16-14-23)21(11-5-4-6-12-21)18-22-17-20-9-7-19(2)8-10-20/h7-10,22H,3-6,11-18H2,1-2H3. The van der Waals surface area contributed by atoms with E-state index in [1.54, 1.807) is 0 Å². The number of nitrogens with one attached hydrogen (secondary N) is 1. The summed E-state index contributed by atoms with van der Waals surface area (Å²) in [5, 5.41) is 3.80. The molecule has 134 valence electrons. The van der Waals surface area contributed by atoms with Crippen LogP contribution in [0.3, 0.4) is 0 Å². The fourth-order valence-electron chi connectivity index (χ4n) is 4.50. The summed E-state index contributed by atoms with van der Waals surface area (Å²) >= 11 is 0. The minimum Gasteiger partial charge on any atom is -0.311 e. The van der Waals surface area contributed by atoms with Crippen LogP contribution in [0.25, 0.3) is 0 Å². The Morgan fingerprint density at radius 3 is 2.25 bits per heavy atom. The van der Waals surface area contributed by atoms with Crippen LogP contribution < -0.4 is 5.32 Å². The molecular weight excluding hydrogens is 294 g/mol. The number of rotatable bonds is 6. The highest BCUT2D eigenvalue weighted by molar-refractivity contribution is 5.21. The first-order chi connectivity index (χ1) is 11.7. The average Bonchev–Trinajstić information content (AvgIpc) is 2.64. The Kier molecular flexibility index (Phi) is 6.31. The summed E-state index contributed by atoms with van der Waals surface area (Å²) in [5.74, 6) is 0. The number of piperazine rings is 1. The Hall–Kier alpha value is -0.900. The Balaban J connectivity index is 1.58. The molecule has 1 N–H and O–H groups in total. The van der Waals surface area contributed by atoms with Crippen LogP contribution in [0.5, 0.6) is 0 Å². The van der Waals surface area contributed by atoms with E-state index in [0.29, 0.717) is 5.54 Å². The summed E-state index contributed by atoms with van der Waals surface area (Å²) < 4.78 is 0. The van der Waals surface area contributed by atoms with Gasteiger partial charge in [0.1, 0.15) is 0 Å². The molecule has 1 aliphatic carbocycles. The van der Waals surface area contributed by atoms with Gasteiger partial charge in [-0.3, -0.25) is 4.90 Å². The number of hydrogen-bond donors (Lipinski definition) is 1. The SMILES string of the molecule is CCN1CCN(C2(CNCc3ccc(C)cc3)CCCCC2)CC1. The highest BCUT2D eigenvalue weighted by Crippen LogP contribution is 2.34. The molecule has 1 aliphatic heterocycles. The molecule has 0 aromatic heterocycles. The first kappa shape index (κ1) is 17.9. The van der Waals surface area contributed by atoms with Gasteiger partial charge in [-0.1, -0.05) is 56.0 Å². The second kappa shape index (κ2) is 8.46. The van der Waals surface area contributed by atoms with Gasteiger partial charge in [0.25, 0.3) is 0 Å². The molecule has 3 rings (SSSR count). The van der Waals surface area contributed by atoms with Crippen molar-refractivity contribution in [3.05, 3.63) is 35.4 Å². The molecule has 2 aliphatic rings. The van der Waals surface area contributed by atoms with E-state index in [-0.39, 0.29) is 0 Å². The highest BCUT2D eigenvalue weighted by Gasteiger charge is 2.38. The van der Waals surface area contributed by atoms with Crippen LogP contribution in [-0.2, 0) is 6.54 Å². The van der Waals surface area contributed by atoms with Crippen molar-refractivity contribution in [2.75, 3.05) is 39.3 Å². The van der Waals surface area contributed by atoms with Gasteiger partial charge in [-0.15, -0.1) is 0 Å². The molecular formula is C21H35N3. The normalized spacial score (nSPS) is 22.6. The summed E-state index contributed by atoms with van der Waals surface area (Å²) in [6.07, 6.45) is 6.98. The van der Waals surface area contributed by atoms with Crippen LogP contribution in [0.2, 0.25) is 0 Å². The predicted octanol–water partition coefficient (Wildman–Crippen LogP) is 3.43. The minimum atomic E-state index is 0.406. The predicted molar refractivity (Wildman–Crippen MR) is 102 cm³/mol. The third-order valence-electron chi connectivity index (χ3n) is 6.18. The molecule has 3 heteroatoms. The van der Waals surface area contributed by atoms with Crippen LogP contribution >= 0.6 is 0 Å². The van der Waals surface area contributed by atoms with Gasteiger partial charge in [0.2, 0.25) is 0 Å². The summed E-state index contributed by atoms with van der Waals surface area (Å²) in [5.41, 5.74) is 3.15. The van der Waals surface area contributed by atoms with Crippen LogP contribution in [-0.4, -0.2) is 54.6 Å². The first-order valence-electron chi connectivity index (χ1n) is 9.95. The van der Waals surface area contributed by atoms with Crippen molar-refractivity contribution in [3.8, 4) is 0 Å². The molecule has 1 heterocycles. The van der Waals surface area contributed by atoms with E-state index in [9.17, 15) is 0 Å². The van der Waals surface area contributed by atoms with Crippen LogP contribution in [0, 0.1) is 6.92 Å². The third kappa shape index (κ3) is 4.38. The van der Waals surface area contributed by atoms with Crippen molar-refractivity contribution >= 4 is 0 Å². The molecule has 1 aromatic carbocycles. The van der Waals surface area contributed by atoms with Crippen molar-refractivity contribution in [3.63, 3.8) is 0 Å². The summed E-state index contributed by atoms with van der Waals surface area (Å²) in [6, 6.07) is 8.96. The Morgan fingerprint density at radius 2 is 1.62 bits per heavy atom. The fourth-order valence-corrected chi connectivity index (χ4v) is 4.50. The lowest BCUT2D eigenvalue weighted by Crippen LogP contribution is -2.61. The molecule has 0 bridgehead atoms. The number of hydrogen-bond acceptors (Lipinski definition) is 3. The lowest BCUT2D eigenvalue weighted by molar-refractivity contribution is 0.00883. The van der Waals surface area contributed by atoms with Crippen molar-refractivity contribution < 1.29 is 0 Å². The van der Waals surface area contributed by atoms with Gasteiger partial charge in [0.05, 0.1) is 0 Å². The summed E-state index contributed by atoms with van der Waals surface area (Å²) in [7, 11) is 0. The maximum absolute atomic E-state index is 3.80. The van der Waals surface area contributed by atoms with E-state index in [1.165, 1.54) is 76.0 Å². The molecule has 3 nitrogen and oxygen atoms in total. The first-order valence-corrected chi connectivity index (χ1v) is 9.95. The van der Waals surface area contributed by atoms with Crippen molar-refractivity contribution in [1.82, 2.24) is 15.1 Å². The average molecular weight is 330 g/mol. The van der Waals surface area contributed by atoms with Gasteiger partial charge in [-0.2, -0.15) is 0 Å². The van der Waals surface area contributed by atoms with Crippen LogP contribution in [0.4, 0.5) is 0 Å². The number of benzene rings is 1. The quantitative estimate of drug-likeness (QED) is 0.863.